The van der Waals surface area contributed by atoms with Gasteiger partial charge in [-0.25, -0.2) is 0 Å². The standard InChI is InChI=1S/C19H21ClN2O3S/c1-25-14-9-7-13(8-10-14)18(23)22-17(11-12-26-2)19(24)21-16-6-4-3-5-15(16)20/h3-10,17H,11-12H2,1-2H3,(H,21,24)(H,22,23). The number of benzene rings is 2. The lowest BCUT2D eigenvalue weighted by Gasteiger charge is -2.19. The number of rotatable bonds is 8. The van der Waals surface area contributed by atoms with E-state index in [4.69, 9.17) is 16.3 Å². The Morgan fingerprint density at radius 1 is 1.15 bits per heavy atom. The number of thioether (sulfide) groups is 1. The average Bonchev–Trinajstić information content (AvgIpc) is 2.66. The number of para-hydroxylation sites is 1. The molecule has 0 spiro atoms. The highest BCUT2D eigenvalue weighted by molar-refractivity contribution is 7.98. The lowest BCUT2D eigenvalue weighted by molar-refractivity contribution is -0.118. The first-order valence-corrected chi connectivity index (χ1v) is 9.81. The number of amides is 2. The SMILES string of the molecule is COc1ccc(C(=O)NC(CCSC)C(=O)Nc2ccccc2Cl)cc1. The van der Waals surface area contributed by atoms with Crippen molar-refractivity contribution in [3.63, 3.8) is 0 Å². The summed E-state index contributed by atoms with van der Waals surface area (Å²) in [5.74, 6) is 0.794. The van der Waals surface area contributed by atoms with Gasteiger partial charge in [-0.05, 0) is 54.8 Å². The van der Waals surface area contributed by atoms with E-state index in [2.05, 4.69) is 10.6 Å². The zero-order chi connectivity index (χ0) is 18.9. The van der Waals surface area contributed by atoms with Gasteiger partial charge in [0.05, 0.1) is 17.8 Å². The molecule has 0 bridgehead atoms. The molecule has 0 fully saturated rings. The fourth-order valence-electron chi connectivity index (χ4n) is 2.27. The second-order valence-corrected chi connectivity index (χ2v) is 6.90. The van der Waals surface area contributed by atoms with E-state index in [-0.39, 0.29) is 11.8 Å². The first kappa shape index (κ1) is 20.1. The average molecular weight is 393 g/mol. The number of hydrogen-bond donors (Lipinski definition) is 2. The van der Waals surface area contributed by atoms with Gasteiger partial charge in [-0.3, -0.25) is 9.59 Å². The number of nitrogens with one attached hydrogen (secondary N) is 2. The Labute approximate surface area is 162 Å². The van der Waals surface area contributed by atoms with Crippen LogP contribution in [-0.4, -0.2) is 37.0 Å². The molecule has 138 valence electrons. The topological polar surface area (TPSA) is 67.4 Å². The Kier molecular flexibility index (Phi) is 7.81. The Morgan fingerprint density at radius 2 is 1.85 bits per heavy atom. The van der Waals surface area contributed by atoms with Crippen LogP contribution in [-0.2, 0) is 4.79 Å². The number of halogens is 1. The van der Waals surface area contributed by atoms with Gasteiger partial charge in [0.2, 0.25) is 5.91 Å². The summed E-state index contributed by atoms with van der Waals surface area (Å²) in [5, 5.41) is 6.03. The van der Waals surface area contributed by atoms with Gasteiger partial charge in [0.15, 0.2) is 0 Å². The maximum absolute atomic E-state index is 12.6. The molecule has 1 unspecified atom stereocenters. The molecule has 0 aliphatic heterocycles. The second-order valence-electron chi connectivity index (χ2n) is 5.51. The van der Waals surface area contributed by atoms with Gasteiger partial charge in [0, 0.05) is 5.56 Å². The van der Waals surface area contributed by atoms with Gasteiger partial charge < -0.3 is 15.4 Å². The molecular formula is C19H21ClN2O3S. The van der Waals surface area contributed by atoms with Crippen LogP contribution < -0.4 is 15.4 Å². The van der Waals surface area contributed by atoms with Crippen LogP contribution in [0, 0.1) is 0 Å². The molecule has 1 atom stereocenters. The second kappa shape index (κ2) is 10.1. The van der Waals surface area contributed by atoms with E-state index in [1.54, 1.807) is 67.4 Å². The van der Waals surface area contributed by atoms with Crippen LogP contribution in [0.2, 0.25) is 5.02 Å². The van der Waals surface area contributed by atoms with Gasteiger partial charge in [0.25, 0.3) is 5.91 Å². The smallest absolute Gasteiger partial charge is 0.251 e. The highest BCUT2D eigenvalue weighted by Crippen LogP contribution is 2.21. The van der Waals surface area contributed by atoms with Crippen molar-refractivity contribution >= 4 is 40.9 Å². The lowest BCUT2D eigenvalue weighted by atomic mass is 10.1. The molecule has 2 rings (SSSR count). The molecule has 7 heteroatoms. The van der Waals surface area contributed by atoms with Crippen molar-refractivity contribution in [2.24, 2.45) is 0 Å². The Morgan fingerprint density at radius 3 is 2.46 bits per heavy atom. The van der Waals surface area contributed by atoms with Crippen LogP contribution in [0.15, 0.2) is 48.5 Å². The predicted molar refractivity (Wildman–Crippen MR) is 107 cm³/mol. The summed E-state index contributed by atoms with van der Waals surface area (Å²) in [4.78, 5) is 25.1. The fraction of sp³-hybridized carbons (Fsp3) is 0.263. The molecule has 0 radical (unpaired) electrons. The molecule has 0 saturated heterocycles. The summed E-state index contributed by atoms with van der Waals surface area (Å²) in [6.07, 6.45) is 2.47. The minimum Gasteiger partial charge on any atom is -0.497 e. The molecule has 5 nitrogen and oxygen atoms in total. The Bertz CT molecular complexity index is 753. The molecule has 0 saturated carbocycles. The largest absolute Gasteiger partial charge is 0.497 e. The van der Waals surface area contributed by atoms with Gasteiger partial charge in [0.1, 0.15) is 11.8 Å². The number of hydrogen-bond acceptors (Lipinski definition) is 4. The van der Waals surface area contributed by atoms with Crippen molar-refractivity contribution < 1.29 is 14.3 Å². The summed E-state index contributed by atoms with van der Waals surface area (Å²) in [6, 6.07) is 13.1. The third-order valence-corrected chi connectivity index (χ3v) is 4.69. The lowest BCUT2D eigenvalue weighted by Crippen LogP contribution is -2.44. The number of ether oxygens (including phenoxy) is 1. The zero-order valence-electron chi connectivity index (χ0n) is 14.6. The van der Waals surface area contributed by atoms with Crippen LogP contribution in [0.1, 0.15) is 16.8 Å². The van der Waals surface area contributed by atoms with Crippen molar-refractivity contribution in [1.29, 1.82) is 0 Å². The third kappa shape index (κ3) is 5.68. The Hall–Kier alpha value is -2.18. The molecule has 2 N–H and O–H groups in total. The van der Waals surface area contributed by atoms with E-state index in [9.17, 15) is 9.59 Å². The van der Waals surface area contributed by atoms with Crippen LogP contribution in [0.4, 0.5) is 5.69 Å². The molecule has 2 aromatic rings. The van der Waals surface area contributed by atoms with E-state index in [1.165, 1.54) is 0 Å². The van der Waals surface area contributed by atoms with Gasteiger partial charge in [-0.1, -0.05) is 23.7 Å². The third-order valence-electron chi connectivity index (χ3n) is 3.72. The highest BCUT2D eigenvalue weighted by atomic mass is 35.5. The van der Waals surface area contributed by atoms with Crippen molar-refractivity contribution in [3.8, 4) is 5.75 Å². The summed E-state index contributed by atoms with van der Waals surface area (Å²) in [7, 11) is 1.56. The number of anilines is 1. The first-order valence-electron chi connectivity index (χ1n) is 8.04. The summed E-state index contributed by atoms with van der Waals surface area (Å²) in [6.45, 7) is 0. The van der Waals surface area contributed by atoms with Crippen LogP contribution in [0.25, 0.3) is 0 Å². The molecule has 2 amide bonds. The van der Waals surface area contributed by atoms with Gasteiger partial charge in [-0.2, -0.15) is 11.8 Å². The van der Waals surface area contributed by atoms with E-state index >= 15 is 0 Å². The quantitative estimate of drug-likeness (QED) is 0.716. The van der Waals surface area contributed by atoms with Gasteiger partial charge in [-0.15, -0.1) is 0 Å². The van der Waals surface area contributed by atoms with Gasteiger partial charge >= 0.3 is 0 Å². The minimum atomic E-state index is -0.659. The molecule has 0 heterocycles. The molecular weight excluding hydrogens is 372 g/mol. The van der Waals surface area contributed by atoms with Crippen LogP contribution in [0.3, 0.4) is 0 Å². The molecule has 0 aromatic heterocycles. The number of carbonyl (C=O) groups excluding carboxylic acids is 2. The maximum atomic E-state index is 12.6. The molecule has 2 aromatic carbocycles. The van der Waals surface area contributed by atoms with E-state index in [1.807, 2.05) is 6.26 Å². The van der Waals surface area contributed by atoms with Crippen LogP contribution >= 0.6 is 23.4 Å². The maximum Gasteiger partial charge on any atom is 0.251 e. The highest BCUT2D eigenvalue weighted by Gasteiger charge is 2.22. The number of carbonyl (C=O) groups is 2. The van der Waals surface area contributed by atoms with E-state index in [0.29, 0.717) is 28.4 Å². The zero-order valence-corrected chi connectivity index (χ0v) is 16.2. The number of methoxy groups -OCH3 is 1. The normalized spacial score (nSPS) is 11.5. The van der Waals surface area contributed by atoms with Crippen molar-refractivity contribution in [3.05, 3.63) is 59.1 Å². The molecule has 26 heavy (non-hydrogen) atoms. The van der Waals surface area contributed by atoms with Crippen molar-refractivity contribution in [2.45, 2.75) is 12.5 Å². The summed E-state index contributed by atoms with van der Waals surface area (Å²) in [5.41, 5.74) is 0.984. The minimum absolute atomic E-state index is 0.297. The Balaban J connectivity index is 2.08. The van der Waals surface area contributed by atoms with Crippen molar-refractivity contribution in [2.75, 3.05) is 24.4 Å². The molecule has 0 aliphatic rings. The predicted octanol–water partition coefficient (Wildman–Crippen LogP) is 3.84. The van der Waals surface area contributed by atoms with Crippen molar-refractivity contribution in [1.82, 2.24) is 5.32 Å². The van der Waals surface area contributed by atoms with E-state index < -0.39 is 6.04 Å². The monoisotopic (exact) mass is 392 g/mol. The summed E-state index contributed by atoms with van der Waals surface area (Å²) >= 11 is 7.70. The van der Waals surface area contributed by atoms with E-state index in [0.717, 1.165) is 5.75 Å². The fourth-order valence-corrected chi connectivity index (χ4v) is 2.93. The summed E-state index contributed by atoms with van der Waals surface area (Å²) < 4.78 is 5.09. The molecule has 0 aliphatic carbocycles. The first-order chi connectivity index (χ1) is 12.5. The van der Waals surface area contributed by atoms with Crippen LogP contribution in [0.5, 0.6) is 5.75 Å².